The predicted molar refractivity (Wildman–Crippen MR) is 85.1 cm³/mol. The molecule has 2 atom stereocenters. The summed E-state index contributed by atoms with van der Waals surface area (Å²) in [5.41, 5.74) is 0. The number of hydrogen-bond donors (Lipinski definition) is 1. The maximum atomic E-state index is 3.64. The van der Waals surface area contributed by atoms with Gasteiger partial charge in [-0.25, -0.2) is 0 Å². The molecule has 2 saturated heterocycles. The normalized spacial score (nSPS) is 31.9. The van der Waals surface area contributed by atoms with Gasteiger partial charge < -0.3 is 10.2 Å². The molecule has 2 unspecified atom stereocenters. The van der Waals surface area contributed by atoms with Crippen LogP contribution in [0.3, 0.4) is 0 Å². The molecule has 3 rings (SSSR count). The summed E-state index contributed by atoms with van der Waals surface area (Å²) in [5, 5.41) is 3.64. The zero-order valence-electron chi connectivity index (χ0n) is 13.3. The summed E-state index contributed by atoms with van der Waals surface area (Å²) in [6.45, 7) is 6.62. The van der Waals surface area contributed by atoms with E-state index in [1.807, 2.05) is 0 Å². The Labute approximate surface area is 125 Å². The standard InChI is InChI=1S/C17H33N3/c1-18-17(15-7-3-2-4-8-15)14-19-10-6-12-20-11-5-9-16(20)13-19/h15-18H,2-14H2,1H3. The lowest BCUT2D eigenvalue weighted by atomic mass is 9.83. The second-order valence-electron chi connectivity index (χ2n) is 7.24. The van der Waals surface area contributed by atoms with E-state index in [4.69, 9.17) is 0 Å². The van der Waals surface area contributed by atoms with Gasteiger partial charge in [0.2, 0.25) is 0 Å². The highest BCUT2D eigenvalue weighted by Crippen LogP contribution is 2.28. The van der Waals surface area contributed by atoms with Gasteiger partial charge in [-0.2, -0.15) is 0 Å². The van der Waals surface area contributed by atoms with E-state index in [-0.39, 0.29) is 0 Å². The largest absolute Gasteiger partial charge is 0.315 e. The number of hydrogen-bond acceptors (Lipinski definition) is 3. The summed E-state index contributed by atoms with van der Waals surface area (Å²) in [5.74, 6) is 0.927. The first-order valence-electron chi connectivity index (χ1n) is 9.00. The van der Waals surface area contributed by atoms with Crippen molar-refractivity contribution in [1.29, 1.82) is 0 Å². The fourth-order valence-corrected chi connectivity index (χ4v) is 4.74. The molecule has 0 radical (unpaired) electrons. The van der Waals surface area contributed by atoms with Crippen molar-refractivity contribution in [2.45, 2.75) is 63.5 Å². The molecule has 2 heterocycles. The Balaban J connectivity index is 1.54. The van der Waals surface area contributed by atoms with Crippen molar-refractivity contribution in [3.8, 4) is 0 Å². The highest BCUT2D eigenvalue weighted by atomic mass is 15.3. The van der Waals surface area contributed by atoms with E-state index in [0.29, 0.717) is 0 Å². The Hall–Kier alpha value is -0.120. The molecule has 0 aromatic rings. The van der Waals surface area contributed by atoms with Crippen molar-refractivity contribution in [2.75, 3.05) is 39.8 Å². The quantitative estimate of drug-likeness (QED) is 0.852. The van der Waals surface area contributed by atoms with Gasteiger partial charge in [-0.15, -0.1) is 0 Å². The van der Waals surface area contributed by atoms with Gasteiger partial charge in [0.15, 0.2) is 0 Å². The average Bonchev–Trinajstić information content (AvgIpc) is 2.84. The molecular weight excluding hydrogens is 246 g/mol. The number of nitrogens with one attached hydrogen (secondary N) is 1. The number of rotatable bonds is 4. The molecule has 20 heavy (non-hydrogen) atoms. The summed E-state index contributed by atoms with van der Waals surface area (Å²) in [6.07, 6.45) is 11.5. The van der Waals surface area contributed by atoms with Gasteiger partial charge in [0.1, 0.15) is 0 Å². The first-order valence-corrected chi connectivity index (χ1v) is 9.00. The van der Waals surface area contributed by atoms with Crippen LogP contribution in [0.4, 0.5) is 0 Å². The molecule has 1 saturated carbocycles. The van der Waals surface area contributed by atoms with E-state index in [1.165, 1.54) is 84.1 Å². The molecule has 0 aromatic carbocycles. The smallest absolute Gasteiger partial charge is 0.0223 e. The van der Waals surface area contributed by atoms with Crippen molar-refractivity contribution in [2.24, 2.45) is 5.92 Å². The molecule has 0 spiro atoms. The minimum absolute atomic E-state index is 0.725. The molecule has 3 aliphatic rings. The number of fused-ring (bicyclic) bond motifs is 1. The third kappa shape index (κ3) is 3.55. The first-order chi connectivity index (χ1) is 9.86. The number of likely N-dealkylation sites (N-methyl/N-ethyl adjacent to an activating group) is 1. The highest BCUT2D eigenvalue weighted by Gasteiger charge is 2.31. The van der Waals surface area contributed by atoms with Gasteiger partial charge >= 0.3 is 0 Å². The molecule has 1 N–H and O–H groups in total. The second-order valence-corrected chi connectivity index (χ2v) is 7.24. The first kappa shape index (κ1) is 14.8. The summed E-state index contributed by atoms with van der Waals surface area (Å²) >= 11 is 0. The Bertz CT molecular complexity index is 288. The maximum absolute atomic E-state index is 3.64. The summed E-state index contributed by atoms with van der Waals surface area (Å²) in [7, 11) is 2.18. The van der Waals surface area contributed by atoms with Gasteiger partial charge in [-0.05, 0) is 64.7 Å². The Morgan fingerprint density at radius 2 is 1.75 bits per heavy atom. The Kier molecular flexibility index (Phi) is 5.36. The zero-order chi connectivity index (χ0) is 13.8. The highest BCUT2D eigenvalue weighted by molar-refractivity contribution is 4.88. The number of nitrogens with zero attached hydrogens (tertiary/aromatic N) is 2. The van der Waals surface area contributed by atoms with Crippen LogP contribution in [0.15, 0.2) is 0 Å². The molecule has 3 heteroatoms. The Morgan fingerprint density at radius 1 is 0.950 bits per heavy atom. The van der Waals surface area contributed by atoms with Gasteiger partial charge in [-0.1, -0.05) is 19.3 Å². The molecular formula is C17H33N3. The minimum Gasteiger partial charge on any atom is -0.315 e. The molecule has 3 nitrogen and oxygen atoms in total. The van der Waals surface area contributed by atoms with Crippen LogP contribution in [-0.4, -0.2) is 61.7 Å². The van der Waals surface area contributed by atoms with Crippen molar-refractivity contribution >= 4 is 0 Å². The van der Waals surface area contributed by atoms with Crippen LogP contribution in [0, 0.1) is 5.92 Å². The molecule has 1 aliphatic carbocycles. The molecule has 0 amide bonds. The van der Waals surface area contributed by atoms with E-state index in [2.05, 4.69) is 22.2 Å². The van der Waals surface area contributed by atoms with E-state index in [1.54, 1.807) is 0 Å². The summed E-state index contributed by atoms with van der Waals surface area (Å²) in [6, 6.07) is 1.59. The van der Waals surface area contributed by atoms with Gasteiger partial charge in [0.05, 0.1) is 0 Å². The predicted octanol–water partition coefficient (Wildman–Crippen LogP) is 2.32. The lowest BCUT2D eigenvalue weighted by Crippen LogP contribution is -2.47. The van der Waals surface area contributed by atoms with Crippen LogP contribution >= 0.6 is 0 Å². The van der Waals surface area contributed by atoms with Crippen molar-refractivity contribution in [3.05, 3.63) is 0 Å². The van der Waals surface area contributed by atoms with Crippen LogP contribution in [0.5, 0.6) is 0 Å². The van der Waals surface area contributed by atoms with Crippen molar-refractivity contribution in [3.63, 3.8) is 0 Å². The van der Waals surface area contributed by atoms with Crippen molar-refractivity contribution < 1.29 is 0 Å². The van der Waals surface area contributed by atoms with E-state index in [0.717, 1.165) is 18.0 Å². The minimum atomic E-state index is 0.725. The Morgan fingerprint density at radius 3 is 2.55 bits per heavy atom. The monoisotopic (exact) mass is 279 g/mol. The lowest BCUT2D eigenvalue weighted by molar-refractivity contribution is 0.173. The van der Waals surface area contributed by atoms with Crippen LogP contribution in [-0.2, 0) is 0 Å². The van der Waals surface area contributed by atoms with Crippen LogP contribution in [0.25, 0.3) is 0 Å². The van der Waals surface area contributed by atoms with Crippen LogP contribution in [0.2, 0.25) is 0 Å². The zero-order valence-corrected chi connectivity index (χ0v) is 13.3. The second kappa shape index (κ2) is 7.24. The van der Waals surface area contributed by atoms with Crippen LogP contribution < -0.4 is 5.32 Å². The average molecular weight is 279 g/mol. The summed E-state index contributed by atoms with van der Waals surface area (Å²) < 4.78 is 0. The molecule has 0 aromatic heterocycles. The topological polar surface area (TPSA) is 18.5 Å². The molecule has 2 aliphatic heterocycles. The molecule has 0 bridgehead atoms. The third-order valence-corrected chi connectivity index (χ3v) is 5.93. The fourth-order valence-electron chi connectivity index (χ4n) is 4.74. The van der Waals surface area contributed by atoms with Crippen molar-refractivity contribution in [1.82, 2.24) is 15.1 Å². The van der Waals surface area contributed by atoms with Gasteiger partial charge in [0.25, 0.3) is 0 Å². The fraction of sp³-hybridized carbons (Fsp3) is 1.00. The van der Waals surface area contributed by atoms with E-state index < -0.39 is 0 Å². The van der Waals surface area contributed by atoms with E-state index in [9.17, 15) is 0 Å². The SMILES string of the molecule is CNC(CN1CCCN2CCCC2C1)C1CCCCC1. The van der Waals surface area contributed by atoms with Gasteiger partial charge in [0, 0.05) is 25.2 Å². The van der Waals surface area contributed by atoms with Crippen LogP contribution in [0.1, 0.15) is 51.4 Å². The van der Waals surface area contributed by atoms with E-state index >= 15 is 0 Å². The van der Waals surface area contributed by atoms with Gasteiger partial charge in [-0.3, -0.25) is 4.90 Å². The summed E-state index contributed by atoms with van der Waals surface area (Å²) in [4.78, 5) is 5.51. The third-order valence-electron chi connectivity index (χ3n) is 5.93. The maximum Gasteiger partial charge on any atom is 0.0223 e. The molecule has 116 valence electrons. The molecule has 3 fully saturated rings. The lowest BCUT2D eigenvalue weighted by Gasteiger charge is -2.35.